The lowest BCUT2D eigenvalue weighted by Crippen LogP contribution is -2.17. The SMILES string of the molecule is C#Cc1nc2cnc(-c3ccccc3)nc2n1-c1ccc(OC(F)(F)F)c(Cl)c1. The molecule has 2 aromatic carbocycles. The number of rotatable bonds is 3. The van der Waals surface area contributed by atoms with Crippen LogP contribution in [0.2, 0.25) is 5.02 Å². The first-order valence-corrected chi connectivity index (χ1v) is 8.57. The second kappa shape index (κ2) is 7.11. The van der Waals surface area contributed by atoms with Gasteiger partial charge in [0.05, 0.1) is 16.9 Å². The van der Waals surface area contributed by atoms with Gasteiger partial charge in [-0.2, -0.15) is 0 Å². The van der Waals surface area contributed by atoms with Gasteiger partial charge in [0.2, 0.25) is 0 Å². The number of hydrogen-bond donors (Lipinski definition) is 0. The van der Waals surface area contributed by atoms with Gasteiger partial charge in [-0.1, -0.05) is 41.9 Å². The van der Waals surface area contributed by atoms with Crippen LogP contribution in [-0.4, -0.2) is 25.9 Å². The van der Waals surface area contributed by atoms with Crippen LogP contribution in [0.1, 0.15) is 5.82 Å². The molecule has 0 saturated heterocycles. The second-order valence-corrected chi connectivity index (χ2v) is 6.25. The fourth-order valence-corrected chi connectivity index (χ4v) is 2.99. The third-order valence-electron chi connectivity index (χ3n) is 3.96. The summed E-state index contributed by atoms with van der Waals surface area (Å²) >= 11 is 5.98. The largest absolute Gasteiger partial charge is 0.573 e. The minimum atomic E-state index is -4.85. The highest BCUT2D eigenvalue weighted by atomic mass is 35.5. The monoisotopic (exact) mass is 414 g/mol. The maximum Gasteiger partial charge on any atom is 0.573 e. The normalized spacial score (nSPS) is 11.4. The van der Waals surface area contributed by atoms with E-state index in [2.05, 4.69) is 25.6 Å². The quantitative estimate of drug-likeness (QED) is 0.442. The van der Waals surface area contributed by atoms with Crippen molar-refractivity contribution in [2.45, 2.75) is 6.36 Å². The minimum Gasteiger partial charge on any atom is -0.404 e. The summed E-state index contributed by atoms with van der Waals surface area (Å²) in [6.07, 6.45) is 2.24. The zero-order valence-electron chi connectivity index (χ0n) is 14.5. The van der Waals surface area contributed by atoms with Crippen molar-refractivity contribution in [2.75, 3.05) is 0 Å². The molecule has 4 aromatic rings. The van der Waals surface area contributed by atoms with Gasteiger partial charge in [0.15, 0.2) is 17.3 Å². The zero-order chi connectivity index (χ0) is 20.6. The van der Waals surface area contributed by atoms with Crippen LogP contribution >= 0.6 is 11.6 Å². The molecule has 4 rings (SSSR count). The molecular weight excluding hydrogens is 405 g/mol. The number of aromatic nitrogens is 4. The highest BCUT2D eigenvalue weighted by Crippen LogP contribution is 2.33. The van der Waals surface area contributed by atoms with E-state index in [4.69, 9.17) is 18.0 Å². The Hall–Kier alpha value is -3.57. The molecule has 29 heavy (non-hydrogen) atoms. The van der Waals surface area contributed by atoms with Crippen molar-refractivity contribution in [2.24, 2.45) is 0 Å². The van der Waals surface area contributed by atoms with Crippen molar-refractivity contribution in [1.82, 2.24) is 19.5 Å². The van der Waals surface area contributed by atoms with E-state index in [-0.39, 0.29) is 10.8 Å². The van der Waals surface area contributed by atoms with Crippen molar-refractivity contribution in [3.63, 3.8) is 0 Å². The van der Waals surface area contributed by atoms with Gasteiger partial charge in [-0.15, -0.1) is 19.6 Å². The third-order valence-corrected chi connectivity index (χ3v) is 4.26. The minimum absolute atomic E-state index is 0.208. The number of nitrogens with zero attached hydrogens (tertiary/aromatic N) is 4. The maximum absolute atomic E-state index is 12.5. The van der Waals surface area contributed by atoms with Crippen LogP contribution in [0, 0.1) is 12.3 Å². The molecule has 0 aliphatic rings. The van der Waals surface area contributed by atoms with E-state index in [1.165, 1.54) is 22.9 Å². The van der Waals surface area contributed by atoms with Crippen LogP contribution in [0.3, 0.4) is 0 Å². The number of halogens is 4. The van der Waals surface area contributed by atoms with E-state index in [1.54, 1.807) is 0 Å². The molecule has 0 N–H and O–H groups in total. The molecule has 144 valence electrons. The van der Waals surface area contributed by atoms with Crippen LogP contribution in [0.15, 0.2) is 54.7 Å². The molecule has 0 aliphatic carbocycles. The molecule has 2 aromatic heterocycles. The first-order valence-electron chi connectivity index (χ1n) is 8.19. The second-order valence-electron chi connectivity index (χ2n) is 5.85. The summed E-state index contributed by atoms with van der Waals surface area (Å²) < 4.78 is 42.9. The molecule has 0 saturated carbocycles. The van der Waals surface area contributed by atoms with Gasteiger partial charge in [-0.05, 0) is 24.1 Å². The Bertz CT molecular complexity index is 1250. The number of imidazole rings is 1. The Morgan fingerprint density at radius 1 is 1.07 bits per heavy atom. The van der Waals surface area contributed by atoms with Crippen molar-refractivity contribution in [1.29, 1.82) is 0 Å². The molecule has 0 unspecified atom stereocenters. The van der Waals surface area contributed by atoms with E-state index in [0.29, 0.717) is 22.7 Å². The van der Waals surface area contributed by atoms with E-state index >= 15 is 0 Å². The molecule has 0 fully saturated rings. The van der Waals surface area contributed by atoms with Crippen molar-refractivity contribution in [3.05, 3.63) is 65.6 Å². The summed E-state index contributed by atoms with van der Waals surface area (Å²) in [4.78, 5) is 13.1. The lowest BCUT2D eigenvalue weighted by Gasteiger charge is -2.12. The molecule has 0 bridgehead atoms. The molecule has 0 aliphatic heterocycles. The Morgan fingerprint density at radius 2 is 1.83 bits per heavy atom. The number of fused-ring (bicyclic) bond motifs is 1. The lowest BCUT2D eigenvalue weighted by molar-refractivity contribution is -0.274. The molecule has 5 nitrogen and oxygen atoms in total. The van der Waals surface area contributed by atoms with Gasteiger partial charge in [0.1, 0.15) is 11.3 Å². The van der Waals surface area contributed by atoms with Gasteiger partial charge in [0.25, 0.3) is 0 Å². The van der Waals surface area contributed by atoms with Gasteiger partial charge in [-0.25, -0.2) is 15.0 Å². The molecular formula is C20H10ClF3N4O. The van der Waals surface area contributed by atoms with Crippen LogP contribution < -0.4 is 4.74 Å². The highest BCUT2D eigenvalue weighted by molar-refractivity contribution is 6.32. The van der Waals surface area contributed by atoms with Crippen molar-refractivity contribution >= 4 is 22.8 Å². The van der Waals surface area contributed by atoms with Gasteiger partial charge >= 0.3 is 6.36 Å². The van der Waals surface area contributed by atoms with Gasteiger partial charge < -0.3 is 4.74 Å². The van der Waals surface area contributed by atoms with Crippen LogP contribution in [0.4, 0.5) is 13.2 Å². The standard InChI is InChI=1S/C20H10ClF3N4O/c1-2-17-26-15-11-25-18(12-6-4-3-5-7-12)27-19(15)28(17)13-8-9-16(14(21)10-13)29-20(22,23)24/h1,3-11H. The average molecular weight is 415 g/mol. The predicted molar refractivity (Wildman–Crippen MR) is 102 cm³/mol. The van der Waals surface area contributed by atoms with E-state index in [9.17, 15) is 13.2 Å². The van der Waals surface area contributed by atoms with Crippen LogP contribution in [-0.2, 0) is 0 Å². The summed E-state index contributed by atoms with van der Waals surface area (Å²) in [5.41, 5.74) is 2.01. The first-order chi connectivity index (χ1) is 13.9. The van der Waals surface area contributed by atoms with E-state index < -0.39 is 12.1 Å². The topological polar surface area (TPSA) is 52.8 Å². The molecule has 0 amide bonds. The summed E-state index contributed by atoms with van der Waals surface area (Å²) in [5.74, 6) is 2.58. The Kier molecular flexibility index (Phi) is 4.60. The van der Waals surface area contributed by atoms with Gasteiger partial charge in [-0.3, -0.25) is 4.57 Å². The van der Waals surface area contributed by atoms with Gasteiger partial charge in [0, 0.05) is 5.56 Å². The lowest BCUT2D eigenvalue weighted by atomic mass is 10.2. The van der Waals surface area contributed by atoms with E-state index in [0.717, 1.165) is 11.6 Å². The Balaban J connectivity index is 1.86. The third kappa shape index (κ3) is 3.73. The highest BCUT2D eigenvalue weighted by Gasteiger charge is 2.32. The Labute approximate surface area is 167 Å². The summed E-state index contributed by atoms with van der Waals surface area (Å²) in [6.45, 7) is 0. The smallest absolute Gasteiger partial charge is 0.404 e. The summed E-state index contributed by atoms with van der Waals surface area (Å²) in [5, 5.41) is -0.234. The summed E-state index contributed by atoms with van der Waals surface area (Å²) in [7, 11) is 0. The number of alkyl halides is 3. The fourth-order valence-electron chi connectivity index (χ4n) is 2.78. The number of hydrogen-bond acceptors (Lipinski definition) is 4. The van der Waals surface area contributed by atoms with Crippen molar-refractivity contribution < 1.29 is 17.9 Å². The number of benzene rings is 2. The number of ether oxygens (including phenoxy) is 1. The maximum atomic E-state index is 12.5. The summed E-state index contributed by atoms with van der Waals surface area (Å²) in [6, 6.07) is 13.1. The zero-order valence-corrected chi connectivity index (χ0v) is 15.2. The number of terminal acetylenes is 1. The van der Waals surface area contributed by atoms with Crippen molar-refractivity contribution in [3.8, 4) is 35.2 Å². The first kappa shape index (κ1) is 18.8. The van der Waals surface area contributed by atoms with Crippen LogP contribution in [0.25, 0.3) is 28.2 Å². The van der Waals surface area contributed by atoms with E-state index in [1.807, 2.05) is 30.3 Å². The molecule has 0 radical (unpaired) electrons. The fraction of sp³-hybridized carbons (Fsp3) is 0.0500. The molecule has 9 heteroatoms. The predicted octanol–water partition coefficient (Wildman–Crippen LogP) is 5.02. The molecule has 0 spiro atoms. The Morgan fingerprint density at radius 3 is 2.48 bits per heavy atom. The molecule has 2 heterocycles. The average Bonchev–Trinajstić information content (AvgIpc) is 3.07. The van der Waals surface area contributed by atoms with Crippen LogP contribution in [0.5, 0.6) is 5.75 Å². The molecule has 0 atom stereocenters.